The molecule has 0 radical (unpaired) electrons. The molecule has 2 aliphatic heterocycles. The summed E-state index contributed by atoms with van der Waals surface area (Å²) < 4.78 is 4.51. The minimum absolute atomic E-state index is 0.0612. The van der Waals surface area contributed by atoms with Gasteiger partial charge in [-0.3, -0.25) is 19.2 Å². The van der Waals surface area contributed by atoms with Crippen LogP contribution in [0, 0.1) is 0 Å². The molecule has 0 bridgehead atoms. The van der Waals surface area contributed by atoms with Crippen LogP contribution in [0.25, 0.3) is 11.0 Å². The van der Waals surface area contributed by atoms with Gasteiger partial charge in [-0.2, -0.15) is 0 Å². The Hall–Kier alpha value is -4.52. The zero-order valence-electron chi connectivity index (χ0n) is 20.6. The summed E-state index contributed by atoms with van der Waals surface area (Å²) in [5.41, 5.74) is -0.952. The van der Waals surface area contributed by atoms with Gasteiger partial charge in [0.25, 0.3) is 5.91 Å². The number of nitrogens with one attached hydrogen (secondary N) is 2. The summed E-state index contributed by atoms with van der Waals surface area (Å²) in [5, 5.41) is 33.4. The van der Waals surface area contributed by atoms with Crippen LogP contribution in [-0.4, -0.2) is 66.1 Å². The van der Waals surface area contributed by atoms with Crippen LogP contribution in [0.1, 0.15) is 35.8 Å². The highest BCUT2D eigenvalue weighted by Gasteiger charge is 2.64. The van der Waals surface area contributed by atoms with E-state index in [1.807, 2.05) is 0 Å². The van der Waals surface area contributed by atoms with Gasteiger partial charge in [0.15, 0.2) is 11.5 Å². The molecule has 13 heteroatoms. The van der Waals surface area contributed by atoms with Crippen LogP contribution in [0.15, 0.2) is 57.9 Å². The fraction of sp³-hybridized carbons (Fsp3) is 0.269. The van der Waals surface area contributed by atoms with Crippen LogP contribution in [0.2, 0.25) is 0 Å². The second-order valence-corrected chi connectivity index (χ2v) is 11.5. The first-order chi connectivity index (χ1) is 18.4. The Kier molecular flexibility index (Phi) is 6.25. The average Bonchev–Trinajstić information content (AvgIpc) is 3.15. The molecule has 2 fully saturated rings. The van der Waals surface area contributed by atoms with E-state index in [1.54, 1.807) is 44.2 Å². The number of benzene rings is 2. The molecule has 5 rings (SSSR count). The molecule has 202 valence electrons. The molecule has 0 aliphatic carbocycles. The van der Waals surface area contributed by atoms with Crippen molar-refractivity contribution in [2.24, 2.45) is 0 Å². The Morgan fingerprint density at radius 1 is 1.08 bits per heavy atom. The number of carboxylic acids is 1. The van der Waals surface area contributed by atoms with Crippen molar-refractivity contribution in [3.63, 3.8) is 0 Å². The van der Waals surface area contributed by atoms with Crippen molar-refractivity contribution in [2.75, 3.05) is 0 Å². The molecule has 5 N–H and O–H groups in total. The van der Waals surface area contributed by atoms with Gasteiger partial charge in [-0.25, -0.2) is 4.79 Å². The number of amides is 3. The number of hydrogen-bond acceptors (Lipinski definition) is 9. The number of rotatable bonds is 6. The standard InChI is InChI=1S/C26H23N3O9S/c1-26(2)20(25(36)37)29-23(35)18(24(29)39-26)28-22(34)17(11-6-4-3-5-7-11)27-21(33)13-10-38-16-9-15(31)14(30)8-12(16)19(13)32/h3-10,17-18,20,24,30-31H,1-2H3,(H,27,33)(H,28,34)(H,36,37)/t17?,18-,20+,24-/m1/s1. The van der Waals surface area contributed by atoms with E-state index in [1.165, 1.54) is 16.7 Å². The lowest BCUT2D eigenvalue weighted by Gasteiger charge is -2.44. The number of carbonyl (C=O) groups is 4. The zero-order chi connectivity index (χ0) is 28.2. The number of aliphatic carboxylic acids is 1. The number of hydrogen-bond donors (Lipinski definition) is 5. The van der Waals surface area contributed by atoms with Gasteiger partial charge in [0.05, 0.1) is 5.39 Å². The van der Waals surface area contributed by atoms with Crippen LogP contribution >= 0.6 is 11.8 Å². The number of carbonyl (C=O) groups excluding carboxylic acids is 3. The van der Waals surface area contributed by atoms with Gasteiger partial charge < -0.3 is 35.3 Å². The van der Waals surface area contributed by atoms with E-state index in [0.717, 1.165) is 18.4 Å². The quantitative estimate of drug-likeness (QED) is 0.220. The predicted octanol–water partition coefficient (Wildman–Crippen LogP) is 1.31. The molecule has 2 aromatic carbocycles. The number of nitrogens with zero attached hydrogens (tertiary/aromatic N) is 1. The van der Waals surface area contributed by atoms with Gasteiger partial charge >= 0.3 is 5.97 Å². The Bertz CT molecular complexity index is 1590. The van der Waals surface area contributed by atoms with Gasteiger partial charge in [0.1, 0.15) is 40.9 Å². The van der Waals surface area contributed by atoms with Crippen molar-refractivity contribution in [3.8, 4) is 11.5 Å². The van der Waals surface area contributed by atoms with Crippen molar-refractivity contribution in [1.29, 1.82) is 0 Å². The first-order valence-corrected chi connectivity index (χ1v) is 12.6. The lowest BCUT2D eigenvalue weighted by atomic mass is 9.95. The van der Waals surface area contributed by atoms with Gasteiger partial charge in [-0.1, -0.05) is 30.3 Å². The Morgan fingerprint density at radius 2 is 1.74 bits per heavy atom. The SMILES string of the molecule is CC1(C)S[C@@H]2[C@H](NC(=O)C(NC(=O)c3coc4cc(O)c(O)cc4c3=O)c3ccccc3)C(=O)N2[C@H]1C(=O)O. The molecule has 2 saturated heterocycles. The summed E-state index contributed by atoms with van der Waals surface area (Å²) in [6.45, 7) is 3.42. The highest BCUT2D eigenvalue weighted by molar-refractivity contribution is 8.01. The van der Waals surface area contributed by atoms with Gasteiger partial charge in [0.2, 0.25) is 17.2 Å². The first kappa shape index (κ1) is 26.1. The monoisotopic (exact) mass is 553 g/mol. The number of thioether (sulfide) groups is 1. The van der Waals surface area contributed by atoms with Crippen LogP contribution in [-0.2, 0) is 14.4 Å². The van der Waals surface area contributed by atoms with Crippen molar-refractivity contribution in [2.45, 2.75) is 42.1 Å². The Labute approximate surface area is 224 Å². The van der Waals surface area contributed by atoms with Gasteiger partial charge in [0, 0.05) is 10.8 Å². The average molecular weight is 554 g/mol. The number of phenols is 2. The lowest BCUT2D eigenvalue weighted by Crippen LogP contribution is -2.71. The van der Waals surface area contributed by atoms with E-state index in [4.69, 9.17) is 4.42 Å². The van der Waals surface area contributed by atoms with Crippen molar-refractivity contribution in [3.05, 3.63) is 70.1 Å². The molecule has 12 nitrogen and oxygen atoms in total. The largest absolute Gasteiger partial charge is 0.504 e. The molecule has 0 spiro atoms. The maximum absolute atomic E-state index is 13.4. The van der Waals surface area contributed by atoms with E-state index in [0.29, 0.717) is 5.56 Å². The zero-order valence-corrected chi connectivity index (χ0v) is 21.4. The molecule has 2 aliphatic rings. The van der Waals surface area contributed by atoms with Crippen LogP contribution in [0.5, 0.6) is 11.5 Å². The Balaban J connectivity index is 1.41. The third-order valence-electron chi connectivity index (χ3n) is 6.76. The van der Waals surface area contributed by atoms with Gasteiger partial charge in [-0.15, -0.1) is 11.8 Å². The van der Waals surface area contributed by atoms with E-state index >= 15 is 0 Å². The molecule has 3 amide bonds. The van der Waals surface area contributed by atoms with Crippen molar-refractivity contribution >= 4 is 46.4 Å². The highest BCUT2D eigenvalue weighted by Crippen LogP contribution is 2.50. The van der Waals surface area contributed by atoms with Crippen molar-refractivity contribution in [1.82, 2.24) is 15.5 Å². The predicted molar refractivity (Wildman–Crippen MR) is 138 cm³/mol. The molecule has 4 atom stereocenters. The van der Waals surface area contributed by atoms with E-state index < -0.39 is 74.4 Å². The highest BCUT2D eigenvalue weighted by atomic mass is 32.2. The summed E-state index contributed by atoms with van der Waals surface area (Å²) in [7, 11) is 0. The maximum Gasteiger partial charge on any atom is 0.327 e. The molecular weight excluding hydrogens is 530 g/mol. The topological polar surface area (TPSA) is 186 Å². The van der Waals surface area contributed by atoms with Gasteiger partial charge in [-0.05, 0) is 25.5 Å². The lowest BCUT2D eigenvalue weighted by molar-refractivity contribution is -0.161. The number of aromatic hydroxyl groups is 2. The van der Waals surface area contributed by atoms with E-state index in [-0.39, 0.29) is 11.0 Å². The minimum atomic E-state index is -1.32. The number of carboxylic acid groups (broad SMARTS) is 1. The number of phenolic OH excluding ortho intramolecular Hbond substituents is 2. The minimum Gasteiger partial charge on any atom is -0.504 e. The molecule has 3 aromatic rings. The normalized spacial score (nSPS) is 22.1. The second-order valence-electron chi connectivity index (χ2n) is 9.72. The number of β-lactam (4-membered cyclic amide) rings is 1. The third kappa shape index (κ3) is 4.34. The Morgan fingerprint density at radius 3 is 2.41 bits per heavy atom. The summed E-state index contributed by atoms with van der Waals surface area (Å²) in [4.78, 5) is 65.4. The van der Waals surface area contributed by atoms with Crippen LogP contribution < -0.4 is 16.1 Å². The fourth-order valence-corrected chi connectivity index (χ4v) is 6.47. The summed E-state index contributed by atoms with van der Waals surface area (Å²) >= 11 is 1.26. The van der Waals surface area contributed by atoms with Crippen molar-refractivity contribution < 1.29 is 38.9 Å². The summed E-state index contributed by atoms with van der Waals surface area (Å²) in [5.74, 6) is -4.46. The number of fused-ring (bicyclic) bond motifs is 2. The summed E-state index contributed by atoms with van der Waals surface area (Å²) in [6.07, 6.45) is 0.882. The molecular formula is C26H23N3O9S. The van der Waals surface area contributed by atoms with E-state index in [2.05, 4.69) is 10.6 Å². The smallest absolute Gasteiger partial charge is 0.327 e. The van der Waals surface area contributed by atoms with E-state index in [9.17, 15) is 39.3 Å². The third-order valence-corrected chi connectivity index (χ3v) is 8.33. The van der Waals surface area contributed by atoms with Crippen LogP contribution in [0.3, 0.4) is 0 Å². The maximum atomic E-state index is 13.4. The second kappa shape index (κ2) is 9.34. The molecule has 3 heterocycles. The first-order valence-electron chi connectivity index (χ1n) is 11.8. The molecule has 39 heavy (non-hydrogen) atoms. The molecule has 1 unspecified atom stereocenters. The fourth-order valence-electron chi connectivity index (χ4n) is 4.85. The molecule has 1 aromatic heterocycles. The molecule has 0 saturated carbocycles. The summed E-state index contributed by atoms with van der Waals surface area (Å²) in [6, 6.07) is 6.78. The van der Waals surface area contributed by atoms with Crippen LogP contribution in [0.4, 0.5) is 0 Å².